The number of nitrogens with zero attached hydrogens (tertiary/aromatic N) is 2. The molecule has 120 valence electrons. The third-order valence-electron chi connectivity index (χ3n) is 4.04. The van der Waals surface area contributed by atoms with Crippen molar-refractivity contribution in [2.75, 3.05) is 39.4 Å². The van der Waals surface area contributed by atoms with Crippen LogP contribution in [-0.2, 0) is 9.53 Å². The highest BCUT2D eigenvalue weighted by Crippen LogP contribution is 2.29. The van der Waals surface area contributed by atoms with Gasteiger partial charge in [0.15, 0.2) is 0 Å². The van der Waals surface area contributed by atoms with E-state index in [-0.39, 0.29) is 5.91 Å². The maximum atomic E-state index is 12.4. The minimum atomic E-state index is -0.831. The summed E-state index contributed by atoms with van der Waals surface area (Å²) in [7, 11) is 0. The van der Waals surface area contributed by atoms with E-state index < -0.39 is 5.41 Å². The second-order valence-electron chi connectivity index (χ2n) is 5.76. The van der Waals surface area contributed by atoms with Crippen molar-refractivity contribution in [2.45, 2.75) is 46.0 Å². The standard InChI is InChI=1S/C16H29N3O2/c1-3-6-16(14-17,7-4-2)15(20)18-8-5-9-19-10-12-21-13-11-19/h3-13H2,1-2H3,(H,18,20). The summed E-state index contributed by atoms with van der Waals surface area (Å²) in [5.41, 5.74) is -0.831. The maximum Gasteiger partial charge on any atom is 0.240 e. The number of amides is 1. The molecule has 1 rings (SSSR count). The molecule has 0 saturated carbocycles. The van der Waals surface area contributed by atoms with Crippen LogP contribution in [0.15, 0.2) is 0 Å². The Morgan fingerprint density at radius 1 is 1.29 bits per heavy atom. The van der Waals surface area contributed by atoms with Crippen LogP contribution in [0.3, 0.4) is 0 Å². The third kappa shape index (κ3) is 5.64. The van der Waals surface area contributed by atoms with Gasteiger partial charge in [0.05, 0.1) is 19.3 Å². The lowest BCUT2D eigenvalue weighted by atomic mass is 9.80. The van der Waals surface area contributed by atoms with E-state index in [0.29, 0.717) is 19.4 Å². The van der Waals surface area contributed by atoms with E-state index in [1.165, 1.54) is 0 Å². The Hall–Kier alpha value is -1.12. The van der Waals surface area contributed by atoms with Crippen LogP contribution in [0.5, 0.6) is 0 Å². The van der Waals surface area contributed by atoms with Crippen molar-refractivity contribution in [2.24, 2.45) is 5.41 Å². The van der Waals surface area contributed by atoms with E-state index >= 15 is 0 Å². The van der Waals surface area contributed by atoms with Crippen molar-refractivity contribution in [3.8, 4) is 6.07 Å². The zero-order valence-corrected chi connectivity index (χ0v) is 13.5. The Labute approximate surface area is 128 Å². The summed E-state index contributed by atoms with van der Waals surface area (Å²) in [5, 5.41) is 12.4. The van der Waals surface area contributed by atoms with Crippen LogP contribution >= 0.6 is 0 Å². The number of hydrogen-bond acceptors (Lipinski definition) is 4. The largest absolute Gasteiger partial charge is 0.379 e. The number of ether oxygens (including phenoxy) is 1. The molecule has 1 aliphatic rings. The summed E-state index contributed by atoms with van der Waals surface area (Å²) in [4.78, 5) is 14.7. The van der Waals surface area contributed by atoms with Gasteiger partial charge < -0.3 is 10.1 Å². The molecular weight excluding hydrogens is 266 g/mol. The predicted molar refractivity (Wildman–Crippen MR) is 82.7 cm³/mol. The highest BCUT2D eigenvalue weighted by Gasteiger charge is 2.36. The molecule has 1 saturated heterocycles. The molecule has 1 heterocycles. The second kappa shape index (κ2) is 9.75. The minimum absolute atomic E-state index is 0.0873. The molecule has 0 aromatic rings. The van der Waals surface area contributed by atoms with Gasteiger partial charge in [0, 0.05) is 19.6 Å². The Morgan fingerprint density at radius 3 is 2.43 bits per heavy atom. The first-order chi connectivity index (χ1) is 10.2. The second-order valence-corrected chi connectivity index (χ2v) is 5.76. The predicted octanol–water partition coefficient (Wildman–Crippen LogP) is 1.94. The molecule has 0 unspecified atom stereocenters. The van der Waals surface area contributed by atoms with Gasteiger partial charge >= 0.3 is 0 Å². The molecule has 0 atom stereocenters. The quantitative estimate of drug-likeness (QED) is 0.660. The smallest absolute Gasteiger partial charge is 0.240 e. The minimum Gasteiger partial charge on any atom is -0.379 e. The highest BCUT2D eigenvalue weighted by molar-refractivity contribution is 5.85. The Bertz CT molecular complexity index is 340. The van der Waals surface area contributed by atoms with Crippen LogP contribution < -0.4 is 5.32 Å². The summed E-state index contributed by atoms with van der Waals surface area (Å²) < 4.78 is 5.31. The van der Waals surface area contributed by atoms with Crippen LogP contribution in [0.4, 0.5) is 0 Å². The van der Waals surface area contributed by atoms with Gasteiger partial charge in [0.1, 0.15) is 5.41 Å². The molecule has 21 heavy (non-hydrogen) atoms. The first-order valence-corrected chi connectivity index (χ1v) is 8.18. The van der Waals surface area contributed by atoms with Gasteiger partial charge in [0.2, 0.25) is 5.91 Å². The van der Waals surface area contributed by atoms with Gasteiger partial charge in [-0.1, -0.05) is 26.7 Å². The molecule has 1 aliphatic heterocycles. The van der Waals surface area contributed by atoms with Gasteiger partial charge in [0.25, 0.3) is 0 Å². The topological polar surface area (TPSA) is 65.4 Å². The fraction of sp³-hybridized carbons (Fsp3) is 0.875. The van der Waals surface area contributed by atoms with E-state index in [2.05, 4.69) is 16.3 Å². The molecule has 1 fully saturated rings. The Kier molecular flexibility index (Phi) is 8.33. The lowest BCUT2D eigenvalue weighted by molar-refractivity contribution is -0.128. The van der Waals surface area contributed by atoms with Crippen LogP contribution in [0, 0.1) is 16.7 Å². The Morgan fingerprint density at radius 2 is 1.90 bits per heavy atom. The highest BCUT2D eigenvalue weighted by atomic mass is 16.5. The van der Waals surface area contributed by atoms with Crippen molar-refractivity contribution in [3.63, 3.8) is 0 Å². The maximum absolute atomic E-state index is 12.4. The van der Waals surface area contributed by atoms with Crippen LogP contribution in [0.2, 0.25) is 0 Å². The first kappa shape index (κ1) is 17.9. The average molecular weight is 295 g/mol. The number of carbonyl (C=O) groups is 1. The van der Waals surface area contributed by atoms with E-state index in [0.717, 1.165) is 52.1 Å². The van der Waals surface area contributed by atoms with E-state index in [1.807, 2.05) is 13.8 Å². The molecule has 0 aromatic carbocycles. The number of nitrogens with one attached hydrogen (secondary N) is 1. The summed E-state index contributed by atoms with van der Waals surface area (Å²) in [6, 6.07) is 2.27. The SMILES string of the molecule is CCCC(C#N)(CCC)C(=O)NCCCN1CCOCC1. The van der Waals surface area contributed by atoms with Gasteiger partial charge in [-0.05, 0) is 25.8 Å². The molecule has 5 heteroatoms. The number of carbonyl (C=O) groups excluding carboxylic acids is 1. The fourth-order valence-corrected chi connectivity index (χ4v) is 2.87. The van der Waals surface area contributed by atoms with Crippen molar-refractivity contribution < 1.29 is 9.53 Å². The molecule has 0 aromatic heterocycles. The van der Waals surface area contributed by atoms with Gasteiger partial charge in [-0.3, -0.25) is 9.69 Å². The van der Waals surface area contributed by atoms with Gasteiger partial charge in [-0.2, -0.15) is 5.26 Å². The van der Waals surface area contributed by atoms with Crippen molar-refractivity contribution in [1.29, 1.82) is 5.26 Å². The number of rotatable bonds is 9. The van der Waals surface area contributed by atoms with Crippen LogP contribution in [0.25, 0.3) is 0 Å². The average Bonchev–Trinajstić information content (AvgIpc) is 2.52. The normalized spacial score (nSPS) is 16.4. The fourth-order valence-electron chi connectivity index (χ4n) is 2.87. The zero-order chi connectivity index (χ0) is 15.6. The molecule has 1 N–H and O–H groups in total. The molecule has 0 bridgehead atoms. The molecular formula is C16H29N3O2. The summed E-state index contributed by atoms with van der Waals surface area (Å²) in [6.07, 6.45) is 3.92. The molecule has 1 amide bonds. The first-order valence-electron chi connectivity index (χ1n) is 8.18. The van der Waals surface area contributed by atoms with E-state index in [1.54, 1.807) is 0 Å². The van der Waals surface area contributed by atoms with Gasteiger partial charge in [-0.15, -0.1) is 0 Å². The number of hydrogen-bond donors (Lipinski definition) is 1. The van der Waals surface area contributed by atoms with Crippen molar-refractivity contribution in [1.82, 2.24) is 10.2 Å². The molecule has 0 spiro atoms. The summed E-state index contributed by atoms with van der Waals surface area (Å²) in [6.45, 7) is 9.22. The number of morpholine rings is 1. The van der Waals surface area contributed by atoms with Crippen LogP contribution in [-0.4, -0.2) is 50.2 Å². The monoisotopic (exact) mass is 295 g/mol. The zero-order valence-electron chi connectivity index (χ0n) is 13.5. The van der Waals surface area contributed by atoms with E-state index in [9.17, 15) is 10.1 Å². The third-order valence-corrected chi connectivity index (χ3v) is 4.04. The molecule has 0 radical (unpaired) electrons. The summed E-state index contributed by atoms with van der Waals surface area (Å²) >= 11 is 0. The molecule has 0 aliphatic carbocycles. The van der Waals surface area contributed by atoms with Crippen LogP contribution in [0.1, 0.15) is 46.0 Å². The Balaban J connectivity index is 2.34. The lowest BCUT2D eigenvalue weighted by Gasteiger charge is -2.27. The van der Waals surface area contributed by atoms with Crippen molar-refractivity contribution >= 4 is 5.91 Å². The lowest BCUT2D eigenvalue weighted by Crippen LogP contribution is -2.42. The van der Waals surface area contributed by atoms with Gasteiger partial charge in [-0.25, -0.2) is 0 Å². The number of nitriles is 1. The summed E-state index contributed by atoms with van der Waals surface area (Å²) in [5.74, 6) is -0.0873. The molecule has 5 nitrogen and oxygen atoms in total. The van der Waals surface area contributed by atoms with Crippen molar-refractivity contribution in [3.05, 3.63) is 0 Å². The van der Waals surface area contributed by atoms with E-state index in [4.69, 9.17) is 4.74 Å².